The standard InChI is InChI=1S/C35H39ClFN7O2.C34H39ClFN7O2.C33H38ClN7O2/c1-8-27(45)42-16-21(7)43(17-20(42)6)33-24-15-25(36)30(23-11-9-10-12-26(23)37)40-34(24)44(35(46)41-33)31-28(18(2)3)38-32(22-13-14-22)39-29(31)19(4)5;1-9-26-37-28(18(3)4)31(29(38-26)19(5)6)43-33-23(15-24(35)30(39-33)22-13-11-12-14-25(22)36)32(40-34(43)45)42-17-20(7)41(16-21(42)8)27(44)10-2;1-9-27(42)39-17-22(6)40(18-21(39)5)31-24-16-25(34)29(23-13-11-10-12-20(23)4)36-32(24)41(33(43)37-31)30-26(38(7)8)14-15-35-28(30)19(2)3/h8-12,15,18-22H,1,13-14,16-17H2,2-7H3;10-15,18-21H,2,9,16-17H2,1,3-8H3;9-16,19,21-22H,1,17-18H2,2-8H3. The van der Waals surface area contributed by atoms with Gasteiger partial charge in [-0.3, -0.25) is 19.4 Å². The molecular formula is C102H116Cl3F2N21O6. The third-order valence-electron chi connectivity index (χ3n) is 25.2. The van der Waals surface area contributed by atoms with Gasteiger partial charge in [0.15, 0.2) is 16.9 Å². The van der Waals surface area contributed by atoms with E-state index in [1.807, 2.05) is 176 Å². The first-order valence-corrected chi connectivity index (χ1v) is 46.9. The summed E-state index contributed by atoms with van der Waals surface area (Å²) in [5.41, 5.74) is 8.96. The Hall–Kier alpha value is -12.6. The predicted molar refractivity (Wildman–Crippen MR) is 531 cm³/mol. The molecule has 3 aromatic carbocycles. The van der Waals surface area contributed by atoms with Gasteiger partial charge in [-0.15, -0.1) is 0 Å². The van der Waals surface area contributed by atoms with Crippen molar-refractivity contribution in [3.8, 4) is 50.8 Å². The quantitative estimate of drug-likeness (QED) is 0.0641. The topological polar surface area (TPSA) is 282 Å². The van der Waals surface area contributed by atoms with Crippen molar-refractivity contribution >= 4 is 109 Å². The number of benzene rings is 3. The molecule has 4 fully saturated rings. The van der Waals surface area contributed by atoms with Crippen LogP contribution in [0.3, 0.4) is 0 Å². The number of aromatic nitrogens is 14. The molecule has 1 aliphatic carbocycles. The van der Waals surface area contributed by atoms with Crippen LogP contribution in [0.15, 0.2) is 156 Å². The van der Waals surface area contributed by atoms with E-state index in [0.717, 1.165) is 52.6 Å². The van der Waals surface area contributed by atoms with Crippen LogP contribution in [-0.2, 0) is 20.8 Å². The van der Waals surface area contributed by atoms with Gasteiger partial charge in [-0.25, -0.2) is 71.8 Å². The Balaban J connectivity index is 0.000000161. The molecule has 134 heavy (non-hydrogen) atoms. The summed E-state index contributed by atoms with van der Waals surface area (Å²) in [4.78, 5) is 148. The van der Waals surface area contributed by atoms with E-state index in [1.165, 1.54) is 39.5 Å². The number of halogens is 5. The fourth-order valence-corrected chi connectivity index (χ4v) is 18.9. The molecule has 32 heteroatoms. The molecule has 3 aliphatic heterocycles. The lowest BCUT2D eigenvalue weighted by Crippen LogP contribution is -2.58. The lowest BCUT2D eigenvalue weighted by atomic mass is 10.0. The largest absolute Gasteiger partial charge is 0.376 e. The van der Waals surface area contributed by atoms with Crippen LogP contribution in [0.25, 0.3) is 83.9 Å². The summed E-state index contributed by atoms with van der Waals surface area (Å²) in [6, 6.07) is 26.7. The van der Waals surface area contributed by atoms with Gasteiger partial charge >= 0.3 is 17.1 Å². The summed E-state index contributed by atoms with van der Waals surface area (Å²) < 4.78 is 34.8. The van der Waals surface area contributed by atoms with Crippen LogP contribution in [0.1, 0.15) is 212 Å². The zero-order valence-corrected chi connectivity index (χ0v) is 82.0. The third kappa shape index (κ3) is 18.9. The average molecular weight is 1880 g/mol. The second kappa shape index (κ2) is 39.9. The van der Waals surface area contributed by atoms with E-state index in [4.69, 9.17) is 79.7 Å². The Morgan fingerprint density at radius 3 is 1.07 bits per heavy atom. The number of amides is 3. The van der Waals surface area contributed by atoms with Gasteiger partial charge in [-0.05, 0) is 163 Å². The molecule has 6 atom stereocenters. The Labute approximate surface area is 794 Å². The second-order valence-corrected chi connectivity index (χ2v) is 38.2. The molecule has 700 valence electrons. The van der Waals surface area contributed by atoms with E-state index >= 15 is 8.78 Å². The molecule has 6 unspecified atom stereocenters. The molecule has 0 bridgehead atoms. The number of fused-ring (bicyclic) bond motifs is 3. The van der Waals surface area contributed by atoms with Crippen LogP contribution in [0.5, 0.6) is 0 Å². The Bertz CT molecular complexity index is 6750. The van der Waals surface area contributed by atoms with Crippen molar-refractivity contribution in [3.63, 3.8) is 0 Å². The van der Waals surface area contributed by atoms with Crippen molar-refractivity contribution < 1.29 is 23.2 Å². The molecule has 0 N–H and O–H groups in total. The molecule has 16 rings (SSSR count). The number of nitrogens with zero attached hydrogens (tertiary/aromatic N) is 21. The van der Waals surface area contributed by atoms with Gasteiger partial charge in [0.1, 0.15) is 40.7 Å². The highest BCUT2D eigenvalue weighted by Crippen LogP contribution is 2.45. The van der Waals surface area contributed by atoms with Gasteiger partial charge < -0.3 is 34.3 Å². The fraction of sp³-hybridized carbons (Fsp3) is 0.402. The number of carbonyl (C=O) groups excluding carboxylic acids is 3. The zero-order chi connectivity index (χ0) is 96.9. The molecule has 12 aromatic rings. The minimum atomic E-state index is -0.562. The van der Waals surface area contributed by atoms with E-state index in [2.05, 4.69) is 48.5 Å². The summed E-state index contributed by atoms with van der Waals surface area (Å²) in [6.07, 6.45) is 8.45. The summed E-state index contributed by atoms with van der Waals surface area (Å²) in [7, 11) is 3.88. The lowest BCUT2D eigenvalue weighted by Gasteiger charge is -2.44. The lowest BCUT2D eigenvalue weighted by molar-refractivity contribution is -0.129. The van der Waals surface area contributed by atoms with Crippen molar-refractivity contribution in [2.24, 2.45) is 0 Å². The van der Waals surface area contributed by atoms with Crippen molar-refractivity contribution in [2.45, 2.75) is 216 Å². The van der Waals surface area contributed by atoms with Crippen LogP contribution in [-0.4, -0.2) is 191 Å². The third-order valence-corrected chi connectivity index (χ3v) is 26.1. The minimum absolute atomic E-state index is 0.0241. The summed E-state index contributed by atoms with van der Waals surface area (Å²) in [6.45, 7) is 49.8. The second-order valence-electron chi connectivity index (χ2n) is 37.0. The van der Waals surface area contributed by atoms with Crippen LogP contribution in [0.2, 0.25) is 15.1 Å². The van der Waals surface area contributed by atoms with Crippen LogP contribution in [0, 0.1) is 18.6 Å². The number of pyridine rings is 4. The number of aryl methyl sites for hydroxylation is 2. The maximum Gasteiger partial charge on any atom is 0.355 e. The van der Waals surface area contributed by atoms with Gasteiger partial charge in [0.2, 0.25) is 17.7 Å². The molecule has 12 heterocycles. The number of rotatable bonds is 20. The van der Waals surface area contributed by atoms with Crippen LogP contribution < -0.4 is 36.7 Å². The molecular weight excluding hydrogens is 1760 g/mol. The molecule has 0 radical (unpaired) electrons. The number of hydrogen-bond acceptors (Lipinski definition) is 21. The molecule has 0 spiro atoms. The van der Waals surface area contributed by atoms with Gasteiger partial charge in [-0.2, -0.15) is 15.0 Å². The fourth-order valence-electron chi connectivity index (χ4n) is 18.1. The molecule has 4 aliphatic rings. The highest BCUT2D eigenvalue weighted by Gasteiger charge is 2.41. The smallest absolute Gasteiger partial charge is 0.355 e. The Kier molecular flexibility index (Phi) is 29.0. The molecule has 9 aromatic heterocycles. The summed E-state index contributed by atoms with van der Waals surface area (Å²) in [5.74, 6) is 1.56. The average Bonchev–Trinajstić information content (AvgIpc) is 0.965. The van der Waals surface area contributed by atoms with E-state index in [9.17, 15) is 28.8 Å². The first-order chi connectivity index (χ1) is 63.7. The van der Waals surface area contributed by atoms with Crippen LogP contribution >= 0.6 is 34.8 Å². The summed E-state index contributed by atoms with van der Waals surface area (Å²) >= 11 is 20.7. The maximum atomic E-state index is 15.2. The Morgan fingerprint density at radius 1 is 0.433 bits per heavy atom. The summed E-state index contributed by atoms with van der Waals surface area (Å²) in [5, 5.41) is 2.59. The number of hydrogen-bond donors (Lipinski definition) is 0. The van der Waals surface area contributed by atoms with Crippen molar-refractivity contribution in [1.29, 1.82) is 0 Å². The number of anilines is 4. The van der Waals surface area contributed by atoms with Crippen LogP contribution in [0.4, 0.5) is 31.9 Å². The van der Waals surface area contributed by atoms with Crippen molar-refractivity contribution in [3.05, 3.63) is 245 Å². The first kappa shape index (κ1) is 97.4. The first-order valence-electron chi connectivity index (χ1n) is 45.8. The molecule has 3 amide bonds. The van der Waals surface area contributed by atoms with E-state index in [0.29, 0.717) is 136 Å². The minimum Gasteiger partial charge on any atom is -0.376 e. The SMILES string of the molecule is C=CC(=O)N1CC(C)N(c2nc(=O)n(-c3c(C(C)C)nc(C4CC4)nc3C(C)C)c3nc(-c4ccccc4F)c(Cl)cc23)CC1C.C=CC(=O)N1CC(C)N(c2nc(=O)n(-c3c(C(C)C)nc(CC)nc3C(C)C)c3nc(-c4ccccc4F)c(Cl)cc23)CC1C.C=CC(=O)N1CC(C)N(c2nc(=O)n(-c3c(N(C)C)ccnc3C(C)C)c3nc(-c4ccccc4C)c(Cl)cc23)CC1C. The van der Waals surface area contributed by atoms with E-state index in [1.54, 1.807) is 74.0 Å². The molecule has 1 saturated carbocycles. The van der Waals surface area contributed by atoms with E-state index in [-0.39, 0.29) is 127 Å². The van der Waals surface area contributed by atoms with Gasteiger partial charge in [-0.1, -0.05) is 179 Å². The highest BCUT2D eigenvalue weighted by molar-refractivity contribution is 6.35. The zero-order valence-electron chi connectivity index (χ0n) is 79.7. The monoisotopic (exact) mass is 1870 g/mol. The number of carbonyl (C=O) groups is 3. The Morgan fingerprint density at radius 2 is 0.754 bits per heavy atom. The highest BCUT2D eigenvalue weighted by atomic mass is 35.5. The van der Waals surface area contributed by atoms with Gasteiger partial charge in [0, 0.05) is 125 Å². The van der Waals surface area contributed by atoms with Crippen molar-refractivity contribution in [2.75, 3.05) is 73.0 Å². The normalized spacial score (nSPS) is 17.6. The molecule has 3 saturated heterocycles. The number of piperazine rings is 3. The van der Waals surface area contributed by atoms with Gasteiger partial charge in [0.05, 0.1) is 99.5 Å². The predicted octanol–water partition coefficient (Wildman–Crippen LogP) is 18.8. The maximum absolute atomic E-state index is 15.2. The van der Waals surface area contributed by atoms with E-state index < -0.39 is 28.7 Å². The molecule has 27 nitrogen and oxygen atoms in total. The van der Waals surface area contributed by atoms with Gasteiger partial charge in [0.25, 0.3) is 0 Å². The van der Waals surface area contributed by atoms with Crippen molar-refractivity contribution in [1.82, 2.24) is 83.2 Å².